The highest BCUT2D eigenvalue weighted by Gasteiger charge is 2.18. The third-order valence-electron chi connectivity index (χ3n) is 6.59. The van der Waals surface area contributed by atoms with Crippen molar-refractivity contribution in [1.82, 2.24) is 14.9 Å². The van der Waals surface area contributed by atoms with E-state index < -0.39 is 0 Å². The molecule has 1 fully saturated rings. The summed E-state index contributed by atoms with van der Waals surface area (Å²) in [5.41, 5.74) is 4.10. The lowest BCUT2D eigenvalue weighted by Crippen LogP contribution is -2.29. The molecule has 8 heteroatoms. The molecule has 0 aliphatic carbocycles. The topological polar surface area (TPSA) is 82.2 Å². The summed E-state index contributed by atoms with van der Waals surface area (Å²) in [6.45, 7) is 5.72. The minimum Gasteiger partial charge on any atom is -0.339 e. The standard InChI is InChI=1S/C29H29FN6O/c1-3-27(37)31-23-5-4-6-24(18-23)32-28-25-17-21(30)9-12-26(25)34-29(35-28)33-22-10-7-19(8-11-22)20-13-15-36(2)16-14-20/h3-12,17-18,20H,1,13-16H2,2H3,(H,31,37)(H2,32,33,34,35). The van der Waals surface area contributed by atoms with E-state index in [1.54, 1.807) is 24.3 Å². The van der Waals surface area contributed by atoms with Gasteiger partial charge in [-0.05, 0) is 99.1 Å². The van der Waals surface area contributed by atoms with Gasteiger partial charge in [0.05, 0.1) is 5.52 Å². The molecule has 0 spiro atoms. The number of hydrogen-bond donors (Lipinski definition) is 3. The average molecular weight is 497 g/mol. The molecular formula is C29H29FN6O. The fourth-order valence-corrected chi connectivity index (χ4v) is 4.57. The van der Waals surface area contributed by atoms with Crippen LogP contribution >= 0.6 is 0 Å². The molecule has 37 heavy (non-hydrogen) atoms. The molecule has 5 rings (SSSR count). The Morgan fingerprint density at radius 1 is 0.973 bits per heavy atom. The summed E-state index contributed by atoms with van der Waals surface area (Å²) >= 11 is 0. The fraction of sp³-hybridized carbons (Fsp3) is 0.207. The Kier molecular flexibility index (Phi) is 7.09. The molecule has 0 radical (unpaired) electrons. The highest BCUT2D eigenvalue weighted by molar-refractivity contribution is 5.99. The smallest absolute Gasteiger partial charge is 0.247 e. The summed E-state index contributed by atoms with van der Waals surface area (Å²) in [5.74, 6) is 0.739. The number of carbonyl (C=O) groups is 1. The van der Waals surface area contributed by atoms with Gasteiger partial charge in [-0.3, -0.25) is 4.79 Å². The summed E-state index contributed by atoms with van der Waals surface area (Å²) in [7, 11) is 2.17. The Balaban J connectivity index is 1.40. The normalized spacial score (nSPS) is 14.3. The zero-order valence-electron chi connectivity index (χ0n) is 20.7. The van der Waals surface area contributed by atoms with E-state index in [0.717, 1.165) is 18.8 Å². The van der Waals surface area contributed by atoms with E-state index in [9.17, 15) is 9.18 Å². The lowest BCUT2D eigenvalue weighted by atomic mass is 9.89. The first-order valence-electron chi connectivity index (χ1n) is 12.3. The number of carbonyl (C=O) groups excluding carboxylic acids is 1. The van der Waals surface area contributed by atoms with Gasteiger partial charge in [0.15, 0.2) is 0 Å². The molecule has 0 unspecified atom stereocenters. The van der Waals surface area contributed by atoms with Crippen molar-refractivity contribution < 1.29 is 9.18 Å². The van der Waals surface area contributed by atoms with Crippen molar-refractivity contribution >= 4 is 45.6 Å². The SMILES string of the molecule is C=CC(=O)Nc1cccc(Nc2nc(Nc3ccc(C4CCN(C)CC4)cc3)nc3ccc(F)cc23)c1. The van der Waals surface area contributed by atoms with E-state index in [4.69, 9.17) is 0 Å². The van der Waals surface area contributed by atoms with Gasteiger partial charge < -0.3 is 20.9 Å². The van der Waals surface area contributed by atoms with Gasteiger partial charge >= 0.3 is 0 Å². The molecule has 188 valence electrons. The van der Waals surface area contributed by atoms with Gasteiger partial charge in [0.2, 0.25) is 11.9 Å². The van der Waals surface area contributed by atoms with Crippen molar-refractivity contribution in [3.8, 4) is 0 Å². The minimum absolute atomic E-state index is 0.306. The number of nitrogens with zero attached hydrogens (tertiary/aromatic N) is 3. The van der Waals surface area contributed by atoms with E-state index in [1.807, 2.05) is 18.2 Å². The monoisotopic (exact) mass is 496 g/mol. The number of nitrogens with one attached hydrogen (secondary N) is 3. The van der Waals surface area contributed by atoms with Gasteiger partial charge in [-0.25, -0.2) is 9.37 Å². The lowest BCUT2D eigenvalue weighted by Gasteiger charge is -2.29. The lowest BCUT2D eigenvalue weighted by molar-refractivity contribution is -0.111. The van der Waals surface area contributed by atoms with Gasteiger partial charge in [-0.2, -0.15) is 4.98 Å². The molecule has 4 aromatic rings. The molecule has 2 heterocycles. The van der Waals surface area contributed by atoms with E-state index in [2.05, 4.69) is 56.6 Å². The van der Waals surface area contributed by atoms with Crippen molar-refractivity contribution in [2.45, 2.75) is 18.8 Å². The first kappa shape index (κ1) is 24.4. The third-order valence-corrected chi connectivity index (χ3v) is 6.59. The molecule has 3 aromatic carbocycles. The van der Waals surface area contributed by atoms with E-state index in [0.29, 0.717) is 40.0 Å². The number of hydrogen-bond acceptors (Lipinski definition) is 6. The van der Waals surface area contributed by atoms with E-state index >= 15 is 0 Å². The first-order chi connectivity index (χ1) is 18.0. The van der Waals surface area contributed by atoms with Crippen LogP contribution in [0.5, 0.6) is 0 Å². The third kappa shape index (κ3) is 5.92. The number of aromatic nitrogens is 2. The average Bonchev–Trinajstić information content (AvgIpc) is 2.90. The van der Waals surface area contributed by atoms with Crippen molar-refractivity contribution in [2.24, 2.45) is 0 Å². The number of piperidine rings is 1. The van der Waals surface area contributed by atoms with Crippen LogP contribution in [0.4, 0.5) is 33.2 Å². The van der Waals surface area contributed by atoms with Gasteiger partial charge in [0.25, 0.3) is 0 Å². The van der Waals surface area contributed by atoms with E-state index in [1.165, 1.54) is 36.6 Å². The highest BCUT2D eigenvalue weighted by Crippen LogP contribution is 2.30. The number of anilines is 5. The summed E-state index contributed by atoms with van der Waals surface area (Å²) in [5, 5.41) is 9.81. The Morgan fingerprint density at radius 3 is 2.49 bits per heavy atom. The largest absolute Gasteiger partial charge is 0.339 e. The molecule has 7 nitrogen and oxygen atoms in total. The quantitative estimate of drug-likeness (QED) is 0.265. The predicted octanol–water partition coefficient (Wildman–Crippen LogP) is 6.19. The number of halogens is 1. The van der Waals surface area contributed by atoms with Crippen molar-refractivity contribution in [2.75, 3.05) is 36.1 Å². The maximum atomic E-state index is 14.1. The summed E-state index contributed by atoms with van der Waals surface area (Å²) < 4.78 is 14.1. The molecule has 1 aromatic heterocycles. The maximum Gasteiger partial charge on any atom is 0.247 e. The molecular weight excluding hydrogens is 467 g/mol. The second-order valence-corrected chi connectivity index (χ2v) is 9.28. The molecule has 0 saturated carbocycles. The zero-order valence-corrected chi connectivity index (χ0v) is 20.7. The molecule has 3 N–H and O–H groups in total. The van der Waals surface area contributed by atoms with Crippen molar-refractivity contribution in [1.29, 1.82) is 0 Å². The molecule has 0 atom stereocenters. The number of fused-ring (bicyclic) bond motifs is 1. The van der Waals surface area contributed by atoms with Crippen LogP contribution < -0.4 is 16.0 Å². The summed E-state index contributed by atoms with van der Waals surface area (Å²) in [6, 6.07) is 20.0. The fourth-order valence-electron chi connectivity index (χ4n) is 4.57. The molecule has 0 bridgehead atoms. The van der Waals surface area contributed by atoms with Gasteiger partial charge in [0, 0.05) is 22.4 Å². The summed E-state index contributed by atoms with van der Waals surface area (Å²) in [4.78, 5) is 23.3. The maximum absolute atomic E-state index is 14.1. The number of rotatable bonds is 7. The highest BCUT2D eigenvalue weighted by atomic mass is 19.1. The number of benzene rings is 3. The zero-order chi connectivity index (χ0) is 25.8. The Bertz CT molecular complexity index is 1430. The predicted molar refractivity (Wildman–Crippen MR) is 147 cm³/mol. The van der Waals surface area contributed by atoms with Crippen LogP contribution in [0.3, 0.4) is 0 Å². The molecule has 1 aliphatic rings. The van der Waals surface area contributed by atoms with Gasteiger partial charge in [-0.15, -0.1) is 0 Å². The van der Waals surface area contributed by atoms with Gasteiger partial charge in [-0.1, -0.05) is 24.8 Å². The van der Waals surface area contributed by atoms with Crippen LogP contribution in [0.25, 0.3) is 10.9 Å². The van der Waals surface area contributed by atoms with Crippen LogP contribution in [0, 0.1) is 5.82 Å². The molecule has 1 amide bonds. The van der Waals surface area contributed by atoms with Crippen LogP contribution in [0.2, 0.25) is 0 Å². The van der Waals surface area contributed by atoms with Crippen molar-refractivity contribution in [3.05, 3.63) is 90.8 Å². The van der Waals surface area contributed by atoms with Crippen LogP contribution in [-0.2, 0) is 4.79 Å². The van der Waals surface area contributed by atoms with Gasteiger partial charge in [0.1, 0.15) is 11.6 Å². The Morgan fingerprint density at radius 2 is 1.73 bits per heavy atom. The van der Waals surface area contributed by atoms with Crippen LogP contribution in [0.1, 0.15) is 24.3 Å². The van der Waals surface area contributed by atoms with Crippen molar-refractivity contribution in [3.63, 3.8) is 0 Å². The summed E-state index contributed by atoms with van der Waals surface area (Å²) in [6.07, 6.45) is 3.54. The van der Waals surface area contributed by atoms with Crippen LogP contribution in [-0.4, -0.2) is 40.9 Å². The second-order valence-electron chi connectivity index (χ2n) is 9.28. The first-order valence-corrected chi connectivity index (χ1v) is 12.3. The minimum atomic E-state index is -0.378. The number of likely N-dealkylation sites (tertiary alicyclic amines) is 1. The van der Waals surface area contributed by atoms with E-state index in [-0.39, 0.29) is 11.7 Å². The Labute approximate surface area is 215 Å². The second kappa shape index (κ2) is 10.8. The molecule has 1 saturated heterocycles. The molecule has 1 aliphatic heterocycles. The van der Waals surface area contributed by atoms with Crippen LogP contribution in [0.15, 0.2) is 79.4 Å². The number of amides is 1. The Hall–Kier alpha value is -4.30.